The Bertz CT molecular complexity index is 1330. The van der Waals surface area contributed by atoms with Crippen molar-refractivity contribution in [3.8, 4) is 17.1 Å². The van der Waals surface area contributed by atoms with E-state index in [-0.39, 0.29) is 17.9 Å². The molecule has 1 N–H and O–H groups in total. The van der Waals surface area contributed by atoms with Gasteiger partial charge in [-0.05, 0) is 99.8 Å². The molecule has 3 heterocycles. The average Bonchev–Trinajstić information content (AvgIpc) is 3.72. The Morgan fingerprint density at radius 1 is 1.05 bits per heavy atom. The lowest BCUT2D eigenvalue weighted by Crippen LogP contribution is -2.42. The first-order valence-corrected chi connectivity index (χ1v) is 15.0. The van der Waals surface area contributed by atoms with E-state index in [1.54, 1.807) is 19.6 Å². The smallest absolute Gasteiger partial charge is 0.232 e. The molecule has 1 amide bonds. The van der Waals surface area contributed by atoms with E-state index in [4.69, 9.17) is 25.7 Å². The highest BCUT2D eigenvalue weighted by atomic mass is 35.5. The topological polar surface area (TPSA) is 102 Å². The van der Waals surface area contributed by atoms with Crippen LogP contribution in [-0.4, -0.2) is 45.7 Å². The molecule has 9 heteroatoms. The van der Waals surface area contributed by atoms with Crippen molar-refractivity contribution in [3.63, 3.8) is 0 Å². The summed E-state index contributed by atoms with van der Waals surface area (Å²) >= 11 is 6.34. The first-order valence-electron chi connectivity index (χ1n) is 14.6. The zero-order chi connectivity index (χ0) is 27.6. The molecule has 3 aromatic heterocycles. The Balaban J connectivity index is 1.19. The molecule has 0 unspecified atom stereocenters. The number of amides is 1. The van der Waals surface area contributed by atoms with Gasteiger partial charge in [0.2, 0.25) is 11.8 Å². The van der Waals surface area contributed by atoms with Crippen LogP contribution in [0.1, 0.15) is 87.5 Å². The molecular formula is C31H37ClN4O4. The number of carbonyl (C=O) groups is 1. The van der Waals surface area contributed by atoms with Crippen LogP contribution in [0.15, 0.2) is 41.3 Å². The average molecular weight is 565 g/mol. The quantitative estimate of drug-likeness (QED) is 0.332. The second-order valence-corrected chi connectivity index (χ2v) is 12.1. The van der Waals surface area contributed by atoms with Crippen LogP contribution >= 0.6 is 11.6 Å². The summed E-state index contributed by atoms with van der Waals surface area (Å²) in [5, 5.41) is 10.6. The molecule has 6 rings (SSSR count). The lowest BCUT2D eigenvalue weighted by molar-refractivity contribution is -0.124. The first-order chi connectivity index (χ1) is 19.5. The maximum atomic E-state index is 13.9. The predicted molar refractivity (Wildman–Crippen MR) is 153 cm³/mol. The van der Waals surface area contributed by atoms with Crippen LogP contribution in [0.25, 0.3) is 11.3 Å². The Hall–Kier alpha value is -2.97. The fourth-order valence-electron chi connectivity index (χ4n) is 6.25. The van der Waals surface area contributed by atoms with Gasteiger partial charge in [-0.15, -0.1) is 0 Å². The maximum Gasteiger partial charge on any atom is 0.232 e. The first kappa shape index (κ1) is 27.2. The van der Waals surface area contributed by atoms with E-state index in [2.05, 4.69) is 9.97 Å². The van der Waals surface area contributed by atoms with Crippen molar-refractivity contribution in [3.05, 3.63) is 53.3 Å². The third kappa shape index (κ3) is 6.03. The molecule has 8 nitrogen and oxygen atoms in total. The number of halogens is 1. The van der Waals surface area contributed by atoms with Gasteiger partial charge in [0, 0.05) is 36.3 Å². The van der Waals surface area contributed by atoms with Crippen LogP contribution in [0, 0.1) is 11.8 Å². The van der Waals surface area contributed by atoms with Crippen LogP contribution in [-0.2, 0) is 4.79 Å². The van der Waals surface area contributed by atoms with Gasteiger partial charge in [-0.1, -0.05) is 11.6 Å². The van der Waals surface area contributed by atoms with Gasteiger partial charge in [-0.3, -0.25) is 9.69 Å². The number of ether oxygens (including phenoxy) is 1. The minimum Gasteiger partial charge on any atom is -0.480 e. The summed E-state index contributed by atoms with van der Waals surface area (Å²) in [5.41, 5.74) is 2.83. The second kappa shape index (κ2) is 11.9. The third-order valence-electron chi connectivity index (χ3n) is 8.86. The van der Waals surface area contributed by atoms with E-state index < -0.39 is 0 Å². The monoisotopic (exact) mass is 564 g/mol. The Kier molecular flexibility index (Phi) is 8.08. The number of hydrogen-bond acceptors (Lipinski definition) is 7. The van der Waals surface area contributed by atoms with Gasteiger partial charge in [0.25, 0.3) is 0 Å². The van der Waals surface area contributed by atoms with Crippen LogP contribution in [0.5, 0.6) is 5.88 Å². The van der Waals surface area contributed by atoms with Crippen molar-refractivity contribution < 1.29 is 19.1 Å². The molecule has 0 aliphatic heterocycles. The highest BCUT2D eigenvalue weighted by molar-refractivity contribution is 6.31. The summed E-state index contributed by atoms with van der Waals surface area (Å²) in [4.78, 5) is 29.6. The highest BCUT2D eigenvalue weighted by Gasteiger charge is 2.33. The van der Waals surface area contributed by atoms with Crippen molar-refractivity contribution in [1.82, 2.24) is 15.0 Å². The van der Waals surface area contributed by atoms with Gasteiger partial charge in [-0.2, -0.15) is 0 Å². The number of aromatic nitrogens is 3. The van der Waals surface area contributed by atoms with Crippen molar-refractivity contribution in [1.29, 1.82) is 0 Å². The molecule has 3 aliphatic rings. The number of pyridine rings is 2. The Morgan fingerprint density at radius 2 is 1.80 bits per heavy atom. The normalized spacial score (nSPS) is 25.0. The van der Waals surface area contributed by atoms with E-state index in [1.807, 2.05) is 29.3 Å². The van der Waals surface area contributed by atoms with Gasteiger partial charge >= 0.3 is 0 Å². The third-order valence-corrected chi connectivity index (χ3v) is 9.13. The number of oxazole rings is 1. The zero-order valence-electron chi connectivity index (χ0n) is 23.0. The van der Waals surface area contributed by atoms with E-state index in [1.165, 1.54) is 0 Å². The number of aliphatic hydroxyl groups is 1. The van der Waals surface area contributed by atoms with Crippen molar-refractivity contribution in [2.75, 3.05) is 18.6 Å². The number of methoxy groups -OCH3 is 1. The number of carbonyl (C=O) groups excluding carboxylic acids is 1. The SMILES string of the molecule is COc1ncc([C@H]2CC[C@H](CN(c3cc(-c4coc(C5CC5)n4)ccn3)C(=O)[C@H]3CC[C@H](O)CC3)CC2)cc1Cl. The second-order valence-electron chi connectivity index (χ2n) is 11.7. The number of aliphatic hydroxyl groups excluding tert-OH is 1. The van der Waals surface area contributed by atoms with Gasteiger partial charge in [0.15, 0.2) is 5.89 Å². The molecule has 0 saturated heterocycles. The molecule has 0 spiro atoms. The summed E-state index contributed by atoms with van der Waals surface area (Å²) in [6.07, 6.45) is 14.1. The van der Waals surface area contributed by atoms with E-state index >= 15 is 0 Å². The van der Waals surface area contributed by atoms with Crippen molar-refractivity contribution in [2.24, 2.45) is 11.8 Å². The standard InChI is InChI=1S/C31H37ClN4O4/c1-39-30-26(32)14-24(16-34-30)20-4-2-19(3-5-20)17-36(31(38)22-8-10-25(37)11-9-22)28-15-23(12-13-33-28)27-18-40-29(35-27)21-6-7-21/h12-16,18-22,25,37H,2-11,17H2,1H3/t19-,20-,22-,25-. The van der Waals surface area contributed by atoms with Crippen molar-refractivity contribution in [2.45, 2.75) is 82.1 Å². The molecule has 3 fully saturated rings. The lowest BCUT2D eigenvalue weighted by atomic mass is 9.78. The zero-order valence-corrected chi connectivity index (χ0v) is 23.7. The molecule has 40 heavy (non-hydrogen) atoms. The maximum absolute atomic E-state index is 13.9. The van der Waals surface area contributed by atoms with Gasteiger partial charge < -0.3 is 14.3 Å². The summed E-state index contributed by atoms with van der Waals surface area (Å²) in [5.74, 6) is 3.14. The molecule has 0 atom stereocenters. The molecule has 0 bridgehead atoms. The molecule has 3 aliphatic carbocycles. The number of nitrogens with zero attached hydrogens (tertiary/aromatic N) is 4. The number of rotatable bonds is 8. The van der Waals surface area contributed by atoms with Crippen LogP contribution in [0.2, 0.25) is 5.02 Å². The summed E-state index contributed by atoms with van der Waals surface area (Å²) in [7, 11) is 1.57. The summed E-state index contributed by atoms with van der Waals surface area (Å²) in [6.45, 7) is 0.634. The number of hydrogen-bond donors (Lipinski definition) is 1. The van der Waals surface area contributed by atoms with E-state index in [9.17, 15) is 9.90 Å². The highest BCUT2D eigenvalue weighted by Crippen LogP contribution is 2.41. The molecule has 0 radical (unpaired) electrons. The molecule has 0 aromatic carbocycles. The van der Waals surface area contributed by atoms with E-state index in [0.717, 1.165) is 61.2 Å². The van der Waals surface area contributed by atoms with Gasteiger partial charge in [0.05, 0.1) is 13.2 Å². The van der Waals surface area contributed by atoms with Crippen molar-refractivity contribution >= 4 is 23.3 Å². The molecular weight excluding hydrogens is 528 g/mol. The molecule has 3 saturated carbocycles. The van der Waals surface area contributed by atoms with Crippen LogP contribution < -0.4 is 9.64 Å². The fraction of sp³-hybridized carbons (Fsp3) is 0.548. The van der Waals surface area contributed by atoms with Gasteiger partial charge in [-0.25, -0.2) is 15.0 Å². The minimum atomic E-state index is -0.303. The summed E-state index contributed by atoms with van der Waals surface area (Å²) in [6, 6.07) is 5.87. The minimum absolute atomic E-state index is 0.0915. The largest absolute Gasteiger partial charge is 0.480 e. The molecule has 3 aromatic rings. The van der Waals surface area contributed by atoms with Crippen LogP contribution in [0.3, 0.4) is 0 Å². The van der Waals surface area contributed by atoms with E-state index in [0.29, 0.717) is 66.7 Å². The summed E-state index contributed by atoms with van der Waals surface area (Å²) < 4.78 is 10.9. The fourth-order valence-corrected chi connectivity index (χ4v) is 6.51. The molecule has 212 valence electrons. The van der Waals surface area contributed by atoms with Crippen LogP contribution in [0.4, 0.5) is 5.82 Å². The van der Waals surface area contributed by atoms with Gasteiger partial charge in [0.1, 0.15) is 22.8 Å². The number of anilines is 1. The Labute approximate surface area is 240 Å². The predicted octanol–water partition coefficient (Wildman–Crippen LogP) is 6.53. The Morgan fingerprint density at radius 3 is 2.50 bits per heavy atom. The lowest BCUT2D eigenvalue weighted by Gasteiger charge is -2.35.